The van der Waals surface area contributed by atoms with Gasteiger partial charge in [-0.2, -0.15) is 0 Å². The van der Waals surface area contributed by atoms with E-state index < -0.39 is 41.0 Å². The van der Waals surface area contributed by atoms with E-state index in [0.29, 0.717) is 36.2 Å². The van der Waals surface area contributed by atoms with E-state index in [0.717, 1.165) is 22.1 Å². The normalized spacial score (nSPS) is 17.6. The van der Waals surface area contributed by atoms with Gasteiger partial charge in [0.2, 0.25) is 0 Å². The molecule has 1 saturated heterocycles. The van der Waals surface area contributed by atoms with Crippen LogP contribution in [0.1, 0.15) is 98.3 Å². The van der Waals surface area contributed by atoms with Gasteiger partial charge in [-0.05, 0) is 94.7 Å². The number of carboxylic acid groups (broad SMARTS) is 1. The maximum Gasteiger partial charge on any atom is 0.416 e. The number of aryl methyl sites for hydroxylation is 1. The van der Waals surface area contributed by atoms with Crippen LogP contribution in [0.5, 0.6) is 0 Å². The SMILES string of the molecule is CCc1c(-c2ccnc(NC(=O)OC(C)(C)C)c2)n(C(=O)O)c2ccc(C3CCN(C(=O)OC(C)(C)C)CC3O)c(C(C)(C)C)c12. The van der Waals surface area contributed by atoms with Gasteiger partial charge in [0.05, 0.1) is 23.9 Å². The Hall–Kier alpha value is -4.12. The molecular formula is C35H48N4O7. The van der Waals surface area contributed by atoms with Crippen LogP contribution in [-0.2, 0) is 21.3 Å². The molecule has 2 unspecified atom stereocenters. The van der Waals surface area contributed by atoms with Gasteiger partial charge in [-0.1, -0.05) is 33.8 Å². The largest absolute Gasteiger partial charge is 0.464 e. The molecule has 11 heteroatoms. The van der Waals surface area contributed by atoms with Crippen molar-refractivity contribution in [3.8, 4) is 11.3 Å². The molecule has 0 aliphatic carbocycles. The zero-order valence-electron chi connectivity index (χ0n) is 28.6. The fourth-order valence-corrected chi connectivity index (χ4v) is 6.28. The molecule has 0 spiro atoms. The smallest absolute Gasteiger partial charge is 0.416 e. The number of pyridine rings is 1. The molecule has 1 aliphatic heterocycles. The highest BCUT2D eigenvalue weighted by Crippen LogP contribution is 2.45. The minimum absolute atomic E-state index is 0.133. The second kappa shape index (κ2) is 12.6. The first kappa shape index (κ1) is 34.7. The van der Waals surface area contributed by atoms with E-state index in [1.807, 2.05) is 39.8 Å². The van der Waals surface area contributed by atoms with Crippen LogP contribution in [0, 0.1) is 0 Å². The van der Waals surface area contributed by atoms with Gasteiger partial charge in [0.15, 0.2) is 0 Å². The minimum atomic E-state index is -1.14. The third kappa shape index (κ3) is 7.46. The summed E-state index contributed by atoms with van der Waals surface area (Å²) in [6, 6.07) is 7.10. The lowest BCUT2D eigenvalue weighted by Crippen LogP contribution is -2.47. The number of fused-ring (bicyclic) bond motifs is 1. The van der Waals surface area contributed by atoms with Gasteiger partial charge in [-0.3, -0.25) is 5.32 Å². The molecule has 1 aliphatic rings. The third-order valence-electron chi connectivity index (χ3n) is 7.86. The number of rotatable bonds is 4. The van der Waals surface area contributed by atoms with Crippen LogP contribution in [0.15, 0.2) is 30.5 Å². The second-order valence-electron chi connectivity index (χ2n) is 14.9. The van der Waals surface area contributed by atoms with Crippen molar-refractivity contribution in [1.82, 2.24) is 14.5 Å². The number of ether oxygens (including phenoxy) is 2. The summed E-state index contributed by atoms with van der Waals surface area (Å²) in [5.74, 6) is -0.0446. The molecule has 3 N–H and O–H groups in total. The predicted octanol–water partition coefficient (Wildman–Crippen LogP) is 7.52. The molecule has 4 rings (SSSR count). The van der Waals surface area contributed by atoms with Crippen molar-refractivity contribution in [2.45, 2.75) is 111 Å². The number of β-amino-alcohol motifs (C(OH)–C–C–N with tert-alkyl or cyclic N) is 1. The van der Waals surface area contributed by atoms with E-state index in [4.69, 9.17) is 9.47 Å². The molecule has 3 aromatic rings. The summed E-state index contributed by atoms with van der Waals surface area (Å²) in [6.45, 7) is 19.5. The highest BCUT2D eigenvalue weighted by molar-refractivity contribution is 6.02. The van der Waals surface area contributed by atoms with Crippen LogP contribution in [0.2, 0.25) is 0 Å². The molecule has 0 saturated carbocycles. The first-order valence-corrected chi connectivity index (χ1v) is 15.8. The molecule has 2 atom stereocenters. The van der Waals surface area contributed by atoms with Crippen molar-refractivity contribution in [3.05, 3.63) is 47.2 Å². The Labute approximate surface area is 270 Å². The van der Waals surface area contributed by atoms with Crippen LogP contribution in [-0.4, -0.2) is 73.3 Å². The van der Waals surface area contributed by atoms with Gasteiger partial charge >= 0.3 is 18.3 Å². The fraction of sp³-hybridized carbons (Fsp3) is 0.543. The third-order valence-corrected chi connectivity index (χ3v) is 7.86. The van der Waals surface area contributed by atoms with Crippen LogP contribution < -0.4 is 5.32 Å². The topological polar surface area (TPSA) is 143 Å². The number of benzene rings is 1. The number of aliphatic hydroxyl groups excluding tert-OH is 1. The average molecular weight is 637 g/mol. The Kier molecular flexibility index (Phi) is 9.51. The van der Waals surface area contributed by atoms with E-state index >= 15 is 0 Å². The maximum absolute atomic E-state index is 12.9. The number of amides is 2. The van der Waals surface area contributed by atoms with Crippen molar-refractivity contribution in [2.75, 3.05) is 18.4 Å². The number of nitrogens with zero attached hydrogens (tertiary/aromatic N) is 3. The van der Waals surface area contributed by atoms with Crippen LogP contribution >= 0.6 is 0 Å². The predicted molar refractivity (Wildman–Crippen MR) is 178 cm³/mol. The molecule has 1 aromatic carbocycles. The van der Waals surface area contributed by atoms with Gasteiger partial charge in [0.25, 0.3) is 0 Å². The zero-order chi connectivity index (χ0) is 34.4. The Morgan fingerprint density at radius 3 is 2.20 bits per heavy atom. The quantitative estimate of drug-likeness (QED) is 0.267. The van der Waals surface area contributed by atoms with Crippen molar-refractivity contribution < 1.29 is 34.1 Å². The summed E-state index contributed by atoms with van der Waals surface area (Å²) in [5, 5.41) is 25.5. The number of hydrogen-bond acceptors (Lipinski definition) is 7. The number of carbonyl (C=O) groups is 3. The van der Waals surface area contributed by atoms with E-state index in [1.54, 1.807) is 37.8 Å². The Morgan fingerprint density at radius 1 is 1.00 bits per heavy atom. The van der Waals surface area contributed by atoms with Gasteiger partial charge in [0.1, 0.15) is 17.0 Å². The van der Waals surface area contributed by atoms with E-state index in [1.165, 1.54) is 10.8 Å². The first-order chi connectivity index (χ1) is 21.2. The summed E-state index contributed by atoms with van der Waals surface area (Å²) in [7, 11) is 0. The highest BCUT2D eigenvalue weighted by atomic mass is 16.6. The average Bonchev–Trinajstić information content (AvgIpc) is 3.24. The molecule has 11 nitrogen and oxygen atoms in total. The molecule has 0 bridgehead atoms. The fourth-order valence-electron chi connectivity index (χ4n) is 6.28. The van der Waals surface area contributed by atoms with E-state index in [2.05, 4.69) is 31.1 Å². The van der Waals surface area contributed by atoms with Crippen LogP contribution in [0.25, 0.3) is 22.2 Å². The lowest BCUT2D eigenvalue weighted by molar-refractivity contribution is -0.00166. The standard InChI is InChI=1S/C35H48N4O7/c1-11-21-27-24(39(31(42)43)29(21)20-14-16-36-26(18-20)37-30(41)45-34(5,6)7)13-12-23(28(27)33(2,3)4)22-15-17-38(19-25(22)40)32(44)46-35(8,9)10/h12-14,16,18,22,25,40H,11,15,17,19H2,1-10H3,(H,42,43)(H,36,37,41). The number of nitrogens with one attached hydrogen (secondary N) is 1. The van der Waals surface area contributed by atoms with Crippen molar-refractivity contribution in [2.24, 2.45) is 0 Å². The van der Waals surface area contributed by atoms with Gasteiger partial charge in [-0.15, -0.1) is 0 Å². The molecular weight excluding hydrogens is 588 g/mol. The van der Waals surface area contributed by atoms with Crippen LogP contribution in [0.4, 0.5) is 20.2 Å². The van der Waals surface area contributed by atoms with Gasteiger partial charge < -0.3 is 24.6 Å². The first-order valence-electron chi connectivity index (χ1n) is 15.8. The van der Waals surface area contributed by atoms with E-state index in [9.17, 15) is 24.6 Å². The molecule has 1 fully saturated rings. The highest BCUT2D eigenvalue weighted by Gasteiger charge is 2.37. The molecule has 250 valence electrons. The summed E-state index contributed by atoms with van der Waals surface area (Å²) in [6.07, 6.45) is -0.531. The number of anilines is 1. The Bertz CT molecular complexity index is 1640. The number of carbonyl (C=O) groups excluding carboxylic acids is 2. The van der Waals surface area contributed by atoms with Crippen molar-refractivity contribution in [1.29, 1.82) is 0 Å². The summed E-state index contributed by atoms with van der Waals surface area (Å²) >= 11 is 0. The Morgan fingerprint density at radius 2 is 1.65 bits per heavy atom. The lowest BCUT2D eigenvalue weighted by Gasteiger charge is -2.39. The van der Waals surface area contributed by atoms with Crippen LogP contribution in [0.3, 0.4) is 0 Å². The number of likely N-dealkylation sites (tertiary alicyclic amines) is 1. The lowest BCUT2D eigenvalue weighted by atomic mass is 9.74. The number of hydrogen-bond donors (Lipinski definition) is 3. The van der Waals surface area contributed by atoms with Gasteiger partial charge in [-0.25, -0.2) is 23.9 Å². The second-order valence-corrected chi connectivity index (χ2v) is 14.9. The monoisotopic (exact) mass is 636 g/mol. The summed E-state index contributed by atoms with van der Waals surface area (Å²) < 4.78 is 12.2. The summed E-state index contributed by atoms with van der Waals surface area (Å²) in [4.78, 5) is 44.0. The molecule has 3 heterocycles. The van der Waals surface area contributed by atoms with Crippen molar-refractivity contribution >= 4 is 35.0 Å². The molecule has 46 heavy (non-hydrogen) atoms. The van der Waals surface area contributed by atoms with Crippen molar-refractivity contribution in [3.63, 3.8) is 0 Å². The Balaban J connectivity index is 1.86. The number of aliphatic hydroxyl groups is 1. The van der Waals surface area contributed by atoms with Gasteiger partial charge in [0, 0.05) is 29.6 Å². The minimum Gasteiger partial charge on any atom is -0.464 e. The molecule has 2 amide bonds. The summed E-state index contributed by atoms with van der Waals surface area (Å²) in [5.41, 5.74) is 2.55. The maximum atomic E-state index is 12.9. The molecule has 0 radical (unpaired) electrons. The van der Waals surface area contributed by atoms with E-state index in [-0.39, 0.29) is 18.3 Å². The zero-order valence-corrected chi connectivity index (χ0v) is 28.6. The molecule has 2 aromatic heterocycles. The number of aromatic nitrogens is 2. The number of piperidine rings is 1.